The Labute approximate surface area is 81.4 Å². The summed E-state index contributed by atoms with van der Waals surface area (Å²) >= 11 is 0. The highest BCUT2D eigenvalue weighted by atomic mass is 15.1. The zero-order valence-corrected chi connectivity index (χ0v) is 8.66. The number of rotatable bonds is 0. The molecule has 0 aliphatic carbocycles. The Balaban J connectivity index is 0.000000132. The van der Waals surface area contributed by atoms with Gasteiger partial charge in [-0.1, -0.05) is 35.9 Å². The molecule has 1 heteroatoms. The predicted molar refractivity (Wildman–Crippen MR) is 57.9 cm³/mol. The van der Waals surface area contributed by atoms with E-state index in [1.807, 2.05) is 18.2 Å². The Bertz CT molecular complexity index is 212. The molecule has 1 saturated heterocycles. The number of benzene rings is 1. The van der Waals surface area contributed by atoms with Crippen molar-refractivity contribution in [3.63, 3.8) is 0 Å². The molecule has 1 heterocycles. The molecule has 0 amide bonds. The van der Waals surface area contributed by atoms with Gasteiger partial charge in [-0.25, -0.2) is 0 Å². The highest BCUT2D eigenvalue weighted by Crippen LogP contribution is 2.02. The summed E-state index contributed by atoms with van der Waals surface area (Å²) in [6.07, 6.45) is 2.83. The van der Waals surface area contributed by atoms with Crippen LogP contribution >= 0.6 is 0 Å². The van der Waals surface area contributed by atoms with Crippen molar-refractivity contribution in [3.8, 4) is 0 Å². The van der Waals surface area contributed by atoms with Gasteiger partial charge >= 0.3 is 0 Å². The topological polar surface area (TPSA) is 3.24 Å². The maximum absolute atomic E-state index is 2.36. The highest BCUT2D eigenvalue weighted by molar-refractivity contribution is 5.11. The van der Waals surface area contributed by atoms with Gasteiger partial charge < -0.3 is 4.90 Å². The van der Waals surface area contributed by atoms with Gasteiger partial charge in [0.25, 0.3) is 0 Å². The molecule has 0 atom stereocenters. The van der Waals surface area contributed by atoms with Crippen LogP contribution in [0.5, 0.6) is 0 Å². The van der Waals surface area contributed by atoms with Crippen LogP contribution in [-0.4, -0.2) is 25.0 Å². The molecule has 0 unspecified atom stereocenters. The van der Waals surface area contributed by atoms with Crippen LogP contribution in [0, 0.1) is 6.92 Å². The summed E-state index contributed by atoms with van der Waals surface area (Å²) in [5.74, 6) is 0. The molecule has 0 saturated carbocycles. The number of aryl methyl sites for hydroxylation is 1. The summed E-state index contributed by atoms with van der Waals surface area (Å²) in [6, 6.07) is 10.3. The molecule has 1 aliphatic rings. The van der Waals surface area contributed by atoms with Gasteiger partial charge in [-0.15, -0.1) is 0 Å². The molecule has 0 N–H and O–H groups in total. The summed E-state index contributed by atoms with van der Waals surface area (Å²) < 4.78 is 0. The first-order valence-corrected chi connectivity index (χ1v) is 4.99. The van der Waals surface area contributed by atoms with Crippen molar-refractivity contribution < 1.29 is 0 Å². The Kier molecular flexibility index (Phi) is 4.55. The van der Waals surface area contributed by atoms with E-state index in [1.165, 1.54) is 31.5 Å². The molecule has 1 aromatic carbocycles. The van der Waals surface area contributed by atoms with Crippen LogP contribution in [0.3, 0.4) is 0 Å². The Morgan fingerprint density at radius 3 is 1.77 bits per heavy atom. The zero-order valence-electron chi connectivity index (χ0n) is 8.66. The number of likely N-dealkylation sites (tertiary alicyclic amines) is 1. The molecule has 0 radical (unpaired) electrons. The fourth-order valence-electron chi connectivity index (χ4n) is 1.41. The Hall–Kier alpha value is -0.820. The van der Waals surface area contributed by atoms with Gasteiger partial charge in [0.05, 0.1) is 0 Å². The van der Waals surface area contributed by atoms with Crippen LogP contribution in [0.1, 0.15) is 18.4 Å². The molecule has 0 bridgehead atoms. The SMILES string of the molecule is CN1CCCC1.Cc1ccccc1. The first kappa shape index (κ1) is 10.3. The average Bonchev–Trinajstić information content (AvgIpc) is 2.58. The largest absolute Gasteiger partial charge is 0.306 e. The number of hydrogen-bond acceptors (Lipinski definition) is 1. The molecule has 72 valence electrons. The van der Waals surface area contributed by atoms with Crippen molar-refractivity contribution in [2.45, 2.75) is 19.8 Å². The Morgan fingerprint density at radius 2 is 1.54 bits per heavy atom. The third-order valence-electron chi connectivity index (χ3n) is 2.27. The van der Waals surface area contributed by atoms with Gasteiger partial charge in [-0.2, -0.15) is 0 Å². The lowest BCUT2D eigenvalue weighted by Crippen LogP contribution is -2.10. The van der Waals surface area contributed by atoms with Crippen molar-refractivity contribution in [2.75, 3.05) is 20.1 Å². The first-order chi connectivity index (χ1) is 6.29. The maximum atomic E-state index is 2.36. The molecule has 0 aromatic heterocycles. The third-order valence-corrected chi connectivity index (χ3v) is 2.27. The molecule has 2 rings (SSSR count). The van der Waals surface area contributed by atoms with Crippen LogP contribution < -0.4 is 0 Å². The van der Waals surface area contributed by atoms with Crippen molar-refractivity contribution in [2.24, 2.45) is 0 Å². The van der Waals surface area contributed by atoms with Gasteiger partial charge in [0.1, 0.15) is 0 Å². The van der Waals surface area contributed by atoms with Crippen LogP contribution in [-0.2, 0) is 0 Å². The predicted octanol–water partition coefficient (Wildman–Crippen LogP) is 2.71. The van der Waals surface area contributed by atoms with Gasteiger partial charge in [0.15, 0.2) is 0 Å². The van der Waals surface area contributed by atoms with Gasteiger partial charge in [-0.3, -0.25) is 0 Å². The molecular formula is C12H19N. The normalized spacial score (nSPS) is 16.5. The van der Waals surface area contributed by atoms with Crippen LogP contribution in [0.4, 0.5) is 0 Å². The minimum absolute atomic E-state index is 1.32. The van der Waals surface area contributed by atoms with E-state index in [9.17, 15) is 0 Å². The monoisotopic (exact) mass is 177 g/mol. The van der Waals surface area contributed by atoms with E-state index in [0.717, 1.165) is 0 Å². The standard InChI is InChI=1S/C7H8.C5H11N/c1-7-5-3-2-4-6-7;1-6-4-2-3-5-6/h2-6H,1H3;2-5H2,1H3. The highest BCUT2D eigenvalue weighted by Gasteiger charge is 2.03. The van der Waals surface area contributed by atoms with E-state index >= 15 is 0 Å². The lowest BCUT2D eigenvalue weighted by Gasteiger charge is -2.01. The molecule has 1 aromatic rings. The minimum Gasteiger partial charge on any atom is -0.306 e. The van der Waals surface area contributed by atoms with E-state index < -0.39 is 0 Å². The van der Waals surface area contributed by atoms with E-state index in [-0.39, 0.29) is 0 Å². The van der Waals surface area contributed by atoms with Crippen LogP contribution in [0.2, 0.25) is 0 Å². The number of nitrogens with zero attached hydrogens (tertiary/aromatic N) is 1. The van der Waals surface area contributed by atoms with Crippen molar-refractivity contribution >= 4 is 0 Å². The fraction of sp³-hybridized carbons (Fsp3) is 0.500. The molecule has 1 nitrogen and oxygen atoms in total. The van der Waals surface area contributed by atoms with Gasteiger partial charge in [0.2, 0.25) is 0 Å². The lowest BCUT2D eigenvalue weighted by atomic mass is 10.2. The summed E-state index contributed by atoms with van der Waals surface area (Å²) in [6.45, 7) is 4.72. The van der Waals surface area contributed by atoms with Gasteiger partial charge in [0, 0.05) is 0 Å². The molecular weight excluding hydrogens is 158 g/mol. The maximum Gasteiger partial charge on any atom is -0.00213 e. The zero-order chi connectivity index (χ0) is 9.52. The van der Waals surface area contributed by atoms with Gasteiger partial charge in [-0.05, 0) is 39.9 Å². The van der Waals surface area contributed by atoms with E-state index in [0.29, 0.717) is 0 Å². The number of hydrogen-bond donors (Lipinski definition) is 0. The lowest BCUT2D eigenvalue weighted by molar-refractivity contribution is 0.418. The summed E-state index contributed by atoms with van der Waals surface area (Å²) in [4.78, 5) is 2.36. The van der Waals surface area contributed by atoms with Crippen LogP contribution in [0.25, 0.3) is 0 Å². The second kappa shape index (κ2) is 5.76. The van der Waals surface area contributed by atoms with Crippen molar-refractivity contribution in [1.82, 2.24) is 4.90 Å². The smallest absolute Gasteiger partial charge is 0.00213 e. The summed E-state index contributed by atoms with van der Waals surface area (Å²) in [5, 5.41) is 0. The second-order valence-electron chi connectivity index (χ2n) is 3.67. The second-order valence-corrected chi connectivity index (χ2v) is 3.67. The first-order valence-electron chi connectivity index (χ1n) is 4.99. The molecule has 1 aliphatic heterocycles. The molecule has 1 fully saturated rings. The van der Waals surface area contributed by atoms with Crippen LogP contribution in [0.15, 0.2) is 30.3 Å². The fourth-order valence-corrected chi connectivity index (χ4v) is 1.41. The van der Waals surface area contributed by atoms with E-state index in [4.69, 9.17) is 0 Å². The minimum atomic E-state index is 1.32. The van der Waals surface area contributed by atoms with E-state index in [2.05, 4.69) is 31.0 Å². The summed E-state index contributed by atoms with van der Waals surface area (Å²) in [7, 11) is 2.17. The quantitative estimate of drug-likeness (QED) is 0.589. The van der Waals surface area contributed by atoms with Crippen molar-refractivity contribution in [1.29, 1.82) is 0 Å². The molecule has 13 heavy (non-hydrogen) atoms. The van der Waals surface area contributed by atoms with E-state index in [1.54, 1.807) is 0 Å². The van der Waals surface area contributed by atoms with Crippen molar-refractivity contribution in [3.05, 3.63) is 35.9 Å². The third kappa shape index (κ3) is 4.69. The summed E-state index contributed by atoms with van der Waals surface area (Å²) in [5.41, 5.74) is 1.32. The Morgan fingerprint density at radius 1 is 1.00 bits per heavy atom. The molecule has 0 spiro atoms. The average molecular weight is 177 g/mol.